The van der Waals surface area contributed by atoms with E-state index in [1.165, 1.54) is 12.8 Å². The molecule has 4 heteroatoms. The number of halogens is 1. The van der Waals surface area contributed by atoms with Crippen molar-refractivity contribution in [1.82, 2.24) is 5.01 Å². The van der Waals surface area contributed by atoms with Crippen molar-refractivity contribution in [2.75, 3.05) is 0 Å². The first kappa shape index (κ1) is 10.1. The van der Waals surface area contributed by atoms with E-state index < -0.39 is 0 Å². The number of carbonyl (C=O) groups is 1. The molecule has 2 rings (SSSR count). The minimum absolute atomic E-state index is 0.0828. The van der Waals surface area contributed by atoms with Crippen molar-refractivity contribution in [3.05, 3.63) is 0 Å². The monoisotopic (exact) mass is 258 g/mol. The number of amides is 1. The number of hydrazone groups is 1. The van der Waals surface area contributed by atoms with Crippen molar-refractivity contribution in [2.24, 2.45) is 11.0 Å². The van der Waals surface area contributed by atoms with Gasteiger partial charge in [0.05, 0.1) is 11.3 Å². The van der Waals surface area contributed by atoms with Gasteiger partial charge in [-0.15, -0.1) is 0 Å². The minimum Gasteiger partial charge on any atom is -0.271 e. The topological polar surface area (TPSA) is 32.7 Å². The molecule has 1 amide bonds. The maximum atomic E-state index is 11.9. The highest BCUT2D eigenvalue weighted by molar-refractivity contribution is 9.10. The lowest BCUT2D eigenvalue weighted by Crippen LogP contribution is -2.41. The van der Waals surface area contributed by atoms with Gasteiger partial charge in [0.15, 0.2) is 0 Å². The predicted molar refractivity (Wildman–Crippen MR) is 59.5 cm³/mol. The van der Waals surface area contributed by atoms with Crippen molar-refractivity contribution in [1.29, 1.82) is 0 Å². The Balaban J connectivity index is 2.24. The summed E-state index contributed by atoms with van der Waals surface area (Å²) in [6, 6.07) is 0. The highest BCUT2D eigenvalue weighted by Gasteiger charge is 2.44. The van der Waals surface area contributed by atoms with E-state index >= 15 is 0 Å². The lowest BCUT2D eigenvalue weighted by atomic mass is 10.1. The second kappa shape index (κ2) is 3.05. The maximum Gasteiger partial charge on any atom is 0.262 e. The van der Waals surface area contributed by atoms with Gasteiger partial charge in [-0.2, -0.15) is 5.10 Å². The Morgan fingerprint density at radius 1 is 1.43 bits per heavy atom. The molecule has 1 heterocycles. The molecule has 0 aromatic carbocycles. The Hall–Kier alpha value is -0.380. The average molecular weight is 259 g/mol. The van der Waals surface area contributed by atoms with E-state index in [1.54, 1.807) is 5.01 Å². The van der Waals surface area contributed by atoms with Crippen LogP contribution in [0.4, 0.5) is 0 Å². The fourth-order valence-corrected chi connectivity index (χ4v) is 2.26. The first-order valence-corrected chi connectivity index (χ1v) is 5.89. The molecule has 3 nitrogen and oxygen atoms in total. The van der Waals surface area contributed by atoms with Crippen LogP contribution >= 0.6 is 15.9 Å². The zero-order valence-electron chi connectivity index (χ0n) is 8.75. The molecule has 0 N–H and O–H groups in total. The Morgan fingerprint density at radius 2 is 2.00 bits per heavy atom. The Kier molecular flexibility index (Phi) is 2.21. The molecule has 0 aromatic rings. The molecule has 0 aromatic heterocycles. The van der Waals surface area contributed by atoms with E-state index in [9.17, 15) is 4.79 Å². The second-order valence-corrected chi connectivity index (χ2v) is 5.90. The number of carbonyl (C=O) groups excluding carboxylic acids is 1. The van der Waals surface area contributed by atoms with Crippen LogP contribution in [0.2, 0.25) is 0 Å². The number of rotatable bonds is 1. The molecule has 1 saturated carbocycles. The van der Waals surface area contributed by atoms with Gasteiger partial charge < -0.3 is 0 Å². The van der Waals surface area contributed by atoms with Gasteiger partial charge in [-0.25, -0.2) is 5.01 Å². The predicted octanol–water partition coefficient (Wildman–Crippen LogP) is 2.16. The highest BCUT2D eigenvalue weighted by Crippen LogP contribution is 2.38. The van der Waals surface area contributed by atoms with Gasteiger partial charge in [0.2, 0.25) is 0 Å². The summed E-state index contributed by atoms with van der Waals surface area (Å²) in [5.41, 5.74) is 0.824. The van der Waals surface area contributed by atoms with Crippen molar-refractivity contribution in [2.45, 2.75) is 44.0 Å². The zero-order chi connectivity index (χ0) is 10.5. The molecular formula is C10H15BrN2O. The molecule has 1 atom stereocenters. The second-order valence-electron chi connectivity index (χ2n) is 4.98. The van der Waals surface area contributed by atoms with Gasteiger partial charge in [-0.1, -0.05) is 15.9 Å². The van der Waals surface area contributed by atoms with Crippen molar-refractivity contribution in [3.63, 3.8) is 0 Å². The van der Waals surface area contributed by atoms with Crippen LogP contribution in [-0.4, -0.2) is 27.0 Å². The third-order valence-electron chi connectivity index (χ3n) is 2.53. The van der Waals surface area contributed by atoms with Crippen LogP contribution in [0, 0.1) is 5.92 Å². The molecule has 1 aliphatic heterocycles. The van der Waals surface area contributed by atoms with Crippen LogP contribution in [0.25, 0.3) is 0 Å². The maximum absolute atomic E-state index is 11.9. The number of hydrogen-bond acceptors (Lipinski definition) is 2. The summed E-state index contributed by atoms with van der Waals surface area (Å²) in [5.74, 6) is 0.634. The van der Waals surface area contributed by atoms with Gasteiger partial charge in [0.25, 0.3) is 5.91 Å². The molecule has 1 aliphatic carbocycles. The first-order valence-electron chi connectivity index (χ1n) is 4.98. The lowest BCUT2D eigenvalue weighted by molar-refractivity contribution is -0.132. The van der Waals surface area contributed by atoms with E-state index in [0.29, 0.717) is 5.92 Å². The molecule has 78 valence electrons. The molecule has 1 unspecified atom stereocenters. The summed E-state index contributed by atoms with van der Waals surface area (Å²) in [5, 5.41) is 6.05. The fourth-order valence-electron chi connectivity index (χ4n) is 1.60. The summed E-state index contributed by atoms with van der Waals surface area (Å²) < 4.78 is 0. The summed E-state index contributed by atoms with van der Waals surface area (Å²) in [4.78, 5) is 11.7. The zero-order valence-corrected chi connectivity index (χ0v) is 10.3. The number of hydrogen-bond donors (Lipinski definition) is 0. The normalized spacial score (nSPS) is 28.3. The molecule has 1 fully saturated rings. The van der Waals surface area contributed by atoms with E-state index in [0.717, 1.165) is 5.71 Å². The van der Waals surface area contributed by atoms with Crippen LogP contribution in [0.1, 0.15) is 33.6 Å². The minimum atomic E-state index is -0.209. The highest BCUT2D eigenvalue weighted by atomic mass is 79.9. The van der Waals surface area contributed by atoms with Gasteiger partial charge in [-0.05, 0) is 33.6 Å². The quantitative estimate of drug-likeness (QED) is 0.664. The summed E-state index contributed by atoms with van der Waals surface area (Å²) in [7, 11) is 0. The SMILES string of the molecule is CC(C)(C)N1N=C(C2CC2)C(Br)C1=O. The molecule has 0 radical (unpaired) electrons. The lowest BCUT2D eigenvalue weighted by Gasteiger charge is -2.27. The smallest absolute Gasteiger partial charge is 0.262 e. The standard InChI is InChI=1S/C10H15BrN2O/c1-10(2,3)13-9(14)7(11)8(12-13)6-4-5-6/h6-7H,4-5H2,1-3H3. The van der Waals surface area contributed by atoms with E-state index in [2.05, 4.69) is 21.0 Å². The summed E-state index contributed by atoms with van der Waals surface area (Å²) >= 11 is 3.42. The summed E-state index contributed by atoms with van der Waals surface area (Å²) in [6.45, 7) is 6.01. The summed E-state index contributed by atoms with van der Waals surface area (Å²) in [6.07, 6.45) is 2.37. The molecule has 14 heavy (non-hydrogen) atoms. The third kappa shape index (κ3) is 1.60. The van der Waals surface area contributed by atoms with Gasteiger partial charge >= 0.3 is 0 Å². The van der Waals surface area contributed by atoms with Crippen LogP contribution in [0.15, 0.2) is 5.10 Å². The van der Waals surface area contributed by atoms with Crippen molar-refractivity contribution >= 4 is 27.5 Å². The van der Waals surface area contributed by atoms with Gasteiger partial charge in [0, 0.05) is 5.92 Å². The Labute approximate surface area is 92.7 Å². The molecular weight excluding hydrogens is 244 g/mol. The van der Waals surface area contributed by atoms with Crippen LogP contribution < -0.4 is 0 Å². The number of alkyl halides is 1. The Morgan fingerprint density at radius 3 is 2.36 bits per heavy atom. The first-order chi connectivity index (χ1) is 6.41. The Bertz CT molecular complexity index is 302. The van der Waals surface area contributed by atoms with Crippen molar-refractivity contribution < 1.29 is 4.79 Å². The fraction of sp³-hybridized carbons (Fsp3) is 0.800. The molecule has 0 spiro atoms. The molecule has 0 bridgehead atoms. The molecule has 0 saturated heterocycles. The van der Waals surface area contributed by atoms with E-state index in [1.807, 2.05) is 20.8 Å². The third-order valence-corrected chi connectivity index (χ3v) is 3.39. The molecule has 2 aliphatic rings. The van der Waals surface area contributed by atoms with Gasteiger partial charge in [0.1, 0.15) is 4.83 Å². The van der Waals surface area contributed by atoms with E-state index in [4.69, 9.17) is 0 Å². The van der Waals surface area contributed by atoms with Crippen LogP contribution in [0.5, 0.6) is 0 Å². The van der Waals surface area contributed by atoms with Crippen LogP contribution in [0.3, 0.4) is 0 Å². The average Bonchev–Trinajstić information content (AvgIpc) is 2.81. The largest absolute Gasteiger partial charge is 0.271 e. The van der Waals surface area contributed by atoms with Crippen molar-refractivity contribution in [3.8, 4) is 0 Å². The number of nitrogens with zero attached hydrogens (tertiary/aromatic N) is 2. The van der Waals surface area contributed by atoms with Crippen LogP contribution in [-0.2, 0) is 4.79 Å². The van der Waals surface area contributed by atoms with Gasteiger partial charge in [-0.3, -0.25) is 4.79 Å². The van der Waals surface area contributed by atoms with E-state index in [-0.39, 0.29) is 16.3 Å².